The van der Waals surface area contributed by atoms with Gasteiger partial charge in [0.05, 0.1) is 11.9 Å². The fraction of sp³-hybridized carbons (Fsp3) is 0.611. The highest BCUT2D eigenvalue weighted by Crippen LogP contribution is 2.15. The quantitative estimate of drug-likeness (QED) is 0.232. The molecule has 3 N–H and O–H groups in total. The van der Waals surface area contributed by atoms with Crippen LogP contribution in [0.5, 0.6) is 0 Å². The first-order valence-corrected chi connectivity index (χ1v) is 11.9. The van der Waals surface area contributed by atoms with Crippen molar-refractivity contribution in [3.05, 3.63) is 30.3 Å². The SMILES string of the molecule is CN=C(NCCSc1ccccc1)NCCS(=O)(=O)NCC1CCCCO1. The van der Waals surface area contributed by atoms with Gasteiger partial charge in [0.1, 0.15) is 0 Å². The molecule has 0 aromatic heterocycles. The maximum atomic E-state index is 12.1. The Bertz CT molecular complexity index is 662. The van der Waals surface area contributed by atoms with Crippen molar-refractivity contribution in [2.24, 2.45) is 4.99 Å². The smallest absolute Gasteiger partial charge is 0.213 e. The van der Waals surface area contributed by atoms with Gasteiger partial charge in [-0.15, -0.1) is 11.8 Å². The maximum Gasteiger partial charge on any atom is 0.213 e. The monoisotopic (exact) mass is 414 g/mol. The fourth-order valence-electron chi connectivity index (χ4n) is 2.64. The van der Waals surface area contributed by atoms with Crippen LogP contribution in [0.3, 0.4) is 0 Å². The molecule has 9 heteroatoms. The van der Waals surface area contributed by atoms with Crippen LogP contribution in [0.1, 0.15) is 19.3 Å². The molecule has 0 spiro atoms. The highest BCUT2D eigenvalue weighted by Gasteiger charge is 2.17. The van der Waals surface area contributed by atoms with Crippen LogP contribution in [0.25, 0.3) is 0 Å². The van der Waals surface area contributed by atoms with Crippen LogP contribution in [0.2, 0.25) is 0 Å². The van der Waals surface area contributed by atoms with Crippen LogP contribution in [0.4, 0.5) is 0 Å². The van der Waals surface area contributed by atoms with Crippen LogP contribution in [0, 0.1) is 0 Å². The molecule has 7 nitrogen and oxygen atoms in total. The second kappa shape index (κ2) is 12.2. The van der Waals surface area contributed by atoms with Crippen molar-refractivity contribution in [2.45, 2.75) is 30.3 Å². The summed E-state index contributed by atoms with van der Waals surface area (Å²) in [5.74, 6) is 1.50. The molecular weight excluding hydrogens is 384 g/mol. The number of rotatable bonds is 10. The minimum absolute atomic E-state index is 0.000808. The molecule has 1 heterocycles. The van der Waals surface area contributed by atoms with E-state index in [2.05, 4.69) is 32.5 Å². The van der Waals surface area contributed by atoms with Gasteiger partial charge in [-0.3, -0.25) is 4.99 Å². The van der Waals surface area contributed by atoms with E-state index in [1.807, 2.05) is 18.2 Å². The Balaban J connectivity index is 1.58. The third kappa shape index (κ3) is 9.46. The lowest BCUT2D eigenvalue weighted by molar-refractivity contribution is 0.0200. The average Bonchev–Trinajstić information content (AvgIpc) is 2.70. The van der Waals surface area contributed by atoms with Crippen LogP contribution in [-0.2, 0) is 14.8 Å². The second-order valence-corrected chi connectivity index (χ2v) is 9.34. The van der Waals surface area contributed by atoms with Crippen molar-refractivity contribution in [1.82, 2.24) is 15.4 Å². The van der Waals surface area contributed by atoms with Gasteiger partial charge < -0.3 is 15.4 Å². The summed E-state index contributed by atoms with van der Waals surface area (Å²) >= 11 is 1.76. The van der Waals surface area contributed by atoms with Crippen molar-refractivity contribution >= 4 is 27.7 Å². The summed E-state index contributed by atoms with van der Waals surface area (Å²) in [5, 5.41) is 6.23. The van der Waals surface area contributed by atoms with Gasteiger partial charge in [-0.2, -0.15) is 0 Å². The molecule has 0 saturated carbocycles. The van der Waals surface area contributed by atoms with Gasteiger partial charge in [0.2, 0.25) is 10.0 Å². The summed E-state index contributed by atoms with van der Waals surface area (Å²) in [6.45, 7) is 2.11. The van der Waals surface area contributed by atoms with Crippen LogP contribution < -0.4 is 15.4 Å². The van der Waals surface area contributed by atoms with E-state index in [1.54, 1.807) is 18.8 Å². The molecule has 1 aromatic rings. The molecule has 0 bridgehead atoms. The summed E-state index contributed by atoms with van der Waals surface area (Å²) in [7, 11) is -1.65. The average molecular weight is 415 g/mol. The summed E-state index contributed by atoms with van der Waals surface area (Å²) in [5.41, 5.74) is 0. The Morgan fingerprint density at radius 1 is 1.22 bits per heavy atom. The second-order valence-electron chi connectivity index (χ2n) is 6.24. The lowest BCUT2D eigenvalue weighted by Gasteiger charge is -2.22. The third-order valence-electron chi connectivity index (χ3n) is 4.10. The number of sulfonamides is 1. The van der Waals surface area contributed by atoms with E-state index in [4.69, 9.17) is 4.74 Å². The Kier molecular flexibility index (Phi) is 9.96. The minimum atomic E-state index is -3.33. The Hall–Kier alpha value is -1.29. The fourth-order valence-corrected chi connectivity index (χ4v) is 4.38. The van der Waals surface area contributed by atoms with Gasteiger partial charge in [0, 0.05) is 43.9 Å². The molecule has 1 saturated heterocycles. The zero-order valence-corrected chi connectivity index (χ0v) is 17.4. The summed E-state index contributed by atoms with van der Waals surface area (Å²) in [6.07, 6.45) is 3.07. The van der Waals surface area contributed by atoms with E-state index in [0.717, 1.165) is 38.2 Å². The molecule has 1 fully saturated rings. The molecule has 1 atom stereocenters. The predicted octanol–water partition coefficient (Wildman–Crippen LogP) is 1.43. The number of nitrogens with zero attached hydrogens (tertiary/aromatic N) is 1. The Morgan fingerprint density at radius 3 is 2.70 bits per heavy atom. The molecule has 2 rings (SSSR count). The topological polar surface area (TPSA) is 91.8 Å². The predicted molar refractivity (Wildman–Crippen MR) is 112 cm³/mol. The van der Waals surface area contributed by atoms with E-state index >= 15 is 0 Å². The van der Waals surface area contributed by atoms with E-state index in [9.17, 15) is 8.42 Å². The Morgan fingerprint density at radius 2 is 2.00 bits per heavy atom. The zero-order valence-electron chi connectivity index (χ0n) is 15.8. The minimum Gasteiger partial charge on any atom is -0.377 e. The third-order valence-corrected chi connectivity index (χ3v) is 6.46. The van der Waals surface area contributed by atoms with E-state index < -0.39 is 10.0 Å². The normalized spacial score (nSPS) is 18.3. The van der Waals surface area contributed by atoms with Crippen molar-refractivity contribution in [2.75, 3.05) is 44.8 Å². The first kappa shape index (κ1) is 22.0. The summed E-state index contributed by atoms with van der Waals surface area (Å²) in [6, 6.07) is 10.2. The number of aliphatic imine (C=N–C) groups is 1. The number of guanidine groups is 1. The van der Waals surface area contributed by atoms with E-state index in [0.29, 0.717) is 19.0 Å². The van der Waals surface area contributed by atoms with Crippen molar-refractivity contribution in [3.8, 4) is 0 Å². The standard InChI is InChI=1S/C18H30N4O3S2/c1-19-18(20-10-13-26-17-8-3-2-4-9-17)21-11-14-27(23,24)22-15-16-7-5-6-12-25-16/h2-4,8-9,16,22H,5-7,10-15H2,1H3,(H2,19,20,21). The molecule has 1 unspecified atom stereocenters. The van der Waals surface area contributed by atoms with Gasteiger partial charge in [-0.05, 0) is 31.4 Å². The van der Waals surface area contributed by atoms with Gasteiger partial charge in [0.15, 0.2) is 5.96 Å². The molecule has 152 valence electrons. The number of benzene rings is 1. The maximum absolute atomic E-state index is 12.1. The molecule has 1 aliphatic heterocycles. The number of hydrogen-bond acceptors (Lipinski definition) is 5. The molecule has 1 aliphatic rings. The number of thioether (sulfide) groups is 1. The molecule has 0 amide bonds. The van der Waals surface area contributed by atoms with Crippen molar-refractivity contribution in [1.29, 1.82) is 0 Å². The van der Waals surface area contributed by atoms with Gasteiger partial charge in [-0.1, -0.05) is 18.2 Å². The first-order chi connectivity index (χ1) is 13.1. The first-order valence-electron chi connectivity index (χ1n) is 9.30. The molecule has 1 aromatic carbocycles. The van der Waals surface area contributed by atoms with E-state index in [1.165, 1.54) is 4.90 Å². The van der Waals surface area contributed by atoms with Gasteiger partial charge >= 0.3 is 0 Å². The highest BCUT2D eigenvalue weighted by atomic mass is 32.2. The summed E-state index contributed by atoms with van der Waals surface area (Å²) in [4.78, 5) is 5.35. The Labute approximate surface area is 166 Å². The zero-order chi connectivity index (χ0) is 19.4. The van der Waals surface area contributed by atoms with Crippen LogP contribution in [-0.4, -0.2) is 65.3 Å². The van der Waals surface area contributed by atoms with Crippen LogP contribution in [0.15, 0.2) is 40.2 Å². The van der Waals surface area contributed by atoms with Crippen LogP contribution >= 0.6 is 11.8 Å². The molecule has 0 radical (unpaired) electrons. The van der Waals surface area contributed by atoms with Gasteiger partial charge in [-0.25, -0.2) is 13.1 Å². The molecular formula is C18H30N4O3S2. The summed E-state index contributed by atoms with van der Waals surface area (Å²) < 4.78 is 32.4. The number of ether oxygens (including phenoxy) is 1. The lowest BCUT2D eigenvalue weighted by atomic mass is 10.1. The lowest BCUT2D eigenvalue weighted by Crippen LogP contribution is -2.43. The van der Waals surface area contributed by atoms with E-state index in [-0.39, 0.29) is 11.9 Å². The van der Waals surface area contributed by atoms with Crippen molar-refractivity contribution in [3.63, 3.8) is 0 Å². The van der Waals surface area contributed by atoms with Gasteiger partial charge in [0.25, 0.3) is 0 Å². The largest absolute Gasteiger partial charge is 0.377 e. The molecule has 27 heavy (non-hydrogen) atoms. The highest BCUT2D eigenvalue weighted by molar-refractivity contribution is 7.99. The molecule has 0 aliphatic carbocycles. The number of nitrogens with one attached hydrogen (secondary N) is 3. The van der Waals surface area contributed by atoms with Crippen molar-refractivity contribution < 1.29 is 13.2 Å². The number of hydrogen-bond donors (Lipinski definition) is 3.